The molecule has 2 rings (SSSR count). The van der Waals surface area contributed by atoms with Crippen LogP contribution in [0.4, 0.5) is 11.4 Å². The maximum atomic E-state index is 13.4. The molecule has 0 spiro atoms. The number of nitro benzene ring substituents is 1. The molecule has 2 aromatic carbocycles. The van der Waals surface area contributed by atoms with Gasteiger partial charge in [0.25, 0.3) is 5.69 Å². The van der Waals surface area contributed by atoms with Crippen LogP contribution < -0.4 is 5.32 Å². The molecule has 0 fully saturated rings. The van der Waals surface area contributed by atoms with Crippen molar-refractivity contribution in [1.82, 2.24) is 0 Å². The van der Waals surface area contributed by atoms with Crippen LogP contribution in [-0.4, -0.2) is 18.1 Å². The first kappa shape index (κ1) is 19.1. The number of para-hydroxylation sites is 2. The summed E-state index contributed by atoms with van der Waals surface area (Å²) in [5, 5.41) is 14.5. The topological polar surface area (TPSA) is 90.7 Å². The SMILES string of the molecule is CCOP(=O)(OCC)C(Nc1ccccc1)c1ccccc1[N+](=O)[O-]. The smallest absolute Gasteiger partial charge is 0.357 e. The highest BCUT2D eigenvalue weighted by atomic mass is 31.2. The minimum absolute atomic E-state index is 0.143. The minimum atomic E-state index is -3.70. The summed E-state index contributed by atoms with van der Waals surface area (Å²) in [5.74, 6) is -1.00. The first-order valence-electron chi connectivity index (χ1n) is 7.95. The summed E-state index contributed by atoms with van der Waals surface area (Å²) in [6, 6.07) is 15.2. The van der Waals surface area contributed by atoms with Crippen molar-refractivity contribution in [3.05, 3.63) is 70.3 Å². The van der Waals surface area contributed by atoms with Gasteiger partial charge >= 0.3 is 7.60 Å². The van der Waals surface area contributed by atoms with E-state index in [1.54, 1.807) is 44.2 Å². The monoisotopic (exact) mass is 364 g/mol. The van der Waals surface area contributed by atoms with E-state index < -0.39 is 18.3 Å². The van der Waals surface area contributed by atoms with Gasteiger partial charge in [-0.25, -0.2) is 0 Å². The van der Waals surface area contributed by atoms with Crippen molar-refractivity contribution in [2.45, 2.75) is 19.6 Å². The van der Waals surface area contributed by atoms with Gasteiger partial charge in [-0.15, -0.1) is 0 Å². The molecule has 8 heteroatoms. The third kappa shape index (κ3) is 4.66. The molecule has 0 saturated heterocycles. The van der Waals surface area contributed by atoms with Crippen LogP contribution in [0.3, 0.4) is 0 Å². The number of nitrogens with one attached hydrogen (secondary N) is 1. The third-order valence-electron chi connectivity index (χ3n) is 3.44. The van der Waals surface area contributed by atoms with E-state index in [-0.39, 0.29) is 24.5 Å². The van der Waals surface area contributed by atoms with Crippen molar-refractivity contribution in [3.63, 3.8) is 0 Å². The van der Waals surface area contributed by atoms with Gasteiger partial charge in [-0.1, -0.05) is 30.3 Å². The van der Waals surface area contributed by atoms with E-state index in [2.05, 4.69) is 5.32 Å². The molecule has 1 unspecified atom stereocenters. The average Bonchev–Trinajstić information content (AvgIpc) is 2.61. The molecule has 0 aliphatic heterocycles. The predicted molar refractivity (Wildman–Crippen MR) is 96.8 cm³/mol. The van der Waals surface area contributed by atoms with Gasteiger partial charge in [0.05, 0.1) is 23.7 Å². The maximum Gasteiger partial charge on any atom is 0.357 e. The van der Waals surface area contributed by atoms with Crippen LogP contribution in [-0.2, 0) is 13.6 Å². The Morgan fingerprint density at radius 1 is 1.04 bits per heavy atom. The summed E-state index contributed by atoms with van der Waals surface area (Å²) in [6.07, 6.45) is 0. The molecule has 1 N–H and O–H groups in total. The number of hydrogen-bond donors (Lipinski definition) is 1. The highest BCUT2D eigenvalue weighted by Gasteiger charge is 2.40. The lowest BCUT2D eigenvalue weighted by molar-refractivity contribution is -0.385. The molecule has 0 bridgehead atoms. The molecule has 0 radical (unpaired) electrons. The summed E-state index contributed by atoms with van der Waals surface area (Å²) in [5.41, 5.74) is 0.766. The largest absolute Gasteiger partial charge is 0.368 e. The van der Waals surface area contributed by atoms with Crippen molar-refractivity contribution in [1.29, 1.82) is 0 Å². The number of hydrogen-bond acceptors (Lipinski definition) is 6. The zero-order valence-corrected chi connectivity index (χ0v) is 15.0. The van der Waals surface area contributed by atoms with E-state index in [0.29, 0.717) is 5.69 Å². The molecule has 0 aromatic heterocycles. The van der Waals surface area contributed by atoms with Gasteiger partial charge in [0.15, 0.2) is 5.78 Å². The standard InChI is InChI=1S/C17H21N2O5P/c1-3-23-25(22,24-4-2)17(18-14-10-6-5-7-11-14)15-12-8-9-13-16(15)19(20)21/h5-13,17-18H,3-4H2,1-2H3. The fraction of sp³-hybridized carbons (Fsp3) is 0.294. The van der Waals surface area contributed by atoms with Crippen molar-refractivity contribution < 1.29 is 18.5 Å². The predicted octanol–water partition coefficient (Wildman–Crippen LogP) is 4.97. The second-order valence-electron chi connectivity index (χ2n) is 5.10. The Kier molecular flexibility index (Phi) is 6.70. The lowest BCUT2D eigenvalue weighted by Crippen LogP contribution is -2.16. The summed E-state index contributed by atoms with van der Waals surface area (Å²) in [6.45, 7) is 3.71. The number of benzene rings is 2. The van der Waals surface area contributed by atoms with E-state index in [1.165, 1.54) is 6.07 Å². The fourth-order valence-corrected chi connectivity index (χ4v) is 4.41. The maximum absolute atomic E-state index is 13.4. The molecular weight excluding hydrogens is 343 g/mol. The normalized spacial score (nSPS) is 12.6. The van der Waals surface area contributed by atoms with Gasteiger partial charge in [0.1, 0.15) is 0 Å². The summed E-state index contributed by atoms with van der Waals surface area (Å²) in [7, 11) is -3.70. The summed E-state index contributed by atoms with van der Waals surface area (Å²) < 4.78 is 24.2. The Labute approximate surface area is 146 Å². The highest BCUT2D eigenvalue weighted by Crippen LogP contribution is 2.61. The Bertz CT molecular complexity index is 744. The van der Waals surface area contributed by atoms with Crippen LogP contribution in [0, 0.1) is 10.1 Å². The second kappa shape index (κ2) is 8.76. The van der Waals surface area contributed by atoms with E-state index in [9.17, 15) is 14.7 Å². The van der Waals surface area contributed by atoms with Crippen molar-refractivity contribution >= 4 is 19.0 Å². The Balaban J connectivity index is 2.56. The third-order valence-corrected chi connectivity index (χ3v) is 5.72. The summed E-state index contributed by atoms with van der Waals surface area (Å²) >= 11 is 0. The fourth-order valence-electron chi connectivity index (χ4n) is 2.45. The number of anilines is 1. The molecular formula is C17H21N2O5P. The zero-order valence-electron chi connectivity index (χ0n) is 14.1. The van der Waals surface area contributed by atoms with Crippen LogP contribution in [0.5, 0.6) is 0 Å². The molecule has 0 aliphatic rings. The first-order chi connectivity index (χ1) is 12.0. The molecule has 0 saturated carbocycles. The van der Waals surface area contributed by atoms with E-state index >= 15 is 0 Å². The lowest BCUT2D eigenvalue weighted by atomic mass is 10.1. The quantitative estimate of drug-likeness (QED) is 0.384. The number of rotatable bonds is 9. The van der Waals surface area contributed by atoms with E-state index in [4.69, 9.17) is 9.05 Å². The van der Waals surface area contributed by atoms with Gasteiger partial charge in [-0.2, -0.15) is 0 Å². The molecule has 25 heavy (non-hydrogen) atoms. The number of nitro groups is 1. The molecule has 0 amide bonds. The number of nitrogens with zero attached hydrogens (tertiary/aromatic N) is 1. The van der Waals surface area contributed by atoms with Crippen LogP contribution in [0.15, 0.2) is 54.6 Å². The zero-order chi connectivity index (χ0) is 18.3. The van der Waals surface area contributed by atoms with Crippen molar-refractivity contribution in [3.8, 4) is 0 Å². The molecule has 0 aliphatic carbocycles. The van der Waals surface area contributed by atoms with Crippen LogP contribution >= 0.6 is 7.60 Å². The van der Waals surface area contributed by atoms with Gasteiger partial charge in [-0.3, -0.25) is 14.7 Å². The molecule has 7 nitrogen and oxygen atoms in total. The molecule has 0 heterocycles. The molecule has 134 valence electrons. The molecule has 1 atom stereocenters. The van der Waals surface area contributed by atoms with Gasteiger partial charge < -0.3 is 14.4 Å². The summed E-state index contributed by atoms with van der Waals surface area (Å²) in [4.78, 5) is 10.9. The van der Waals surface area contributed by atoms with Gasteiger partial charge in [0.2, 0.25) is 0 Å². The van der Waals surface area contributed by atoms with Crippen LogP contribution in [0.25, 0.3) is 0 Å². The van der Waals surface area contributed by atoms with Crippen LogP contribution in [0.2, 0.25) is 0 Å². The van der Waals surface area contributed by atoms with Crippen molar-refractivity contribution in [2.75, 3.05) is 18.5 Å². The first-order valence-corrected chi connectivity index (χ1v) is 9.56. The Hall–Kier alpha value is -2.21. The van der Waals surface area contributed by atoms with Gasteiger partial charge in [-0.05, 0) is 32.0 Å². The van der Waals surface area contributed by atoms with E-state index in [0.717, 1.165) is 0 Å². The Morgan fingerprint density at radius 2 is 1.60 bits per heavy atom. The second-order valence-corrected chi connectivity index (χ2v) is 7.22. The van der Waals surface area contributed by atoms with E-state index in [1.807, 2.05) is 18.2 Å². The minimum Gasteiger partial charge on any atom is -0.368 e. The lowest BCUT2D eigenvalue weighted by Gasteiger charge is -2.28. The van der Waals surface area contributed by atoms with Gasteiger partial charge in [0, 0.05) is 11.8 Å². The highest BCUT2D eigenvalue weighted by molar-refractivity contribution is 7.54. The molecule has 2 aromatic rings. The van der Waals surface area contributed by atoms with Crippen LogP contribution in [0.1, 0.15) is 25.2 Å². The average molecular weight is 364 g/mol. The van der Waals surface area contributed by atoms with Crippen molar-refractivity contribution in [2.24, 2.45) is 0 Å². The Morgan fingerprint density at radius 3 is 2.16 bits per heavy atom.